The van der Waals surface area contributed by atoms with Crippen molar-refractivity contribution >= 4 is 27.4 Å². The number of hydrogen-bond acceptors (Lipinski definition) is 7. The molecule has 0 bridgehead atoms. The van der Waals surface area contributed by atoms with Crippen molar-refractivity contribution in [2.75, 3.05) is 51.6 Å². The standard InChI is InChI=1S/C21H38ClN5O3S/c1-16(2)26(5)13-11-23-20-9-8-19(22)21(25-20)31(28,29)24-10-6-7-12-27-14-17(3)30-18(4)15-27/h8-9,16-18,24H,6-7,10-15H2,1-5H3,(H,23,25). The van der Waals surface area contributed by atoms with Crippen LogP contribution in [0.1, 0.15) is 40.5 Å². The maximum absolute atomic E-state index is 12.7. The molecule has 0 aliphatic carbocycles. The SMILES string of the molecule is CC1CN(CCCCNS(=O)(=O)c2nc(NCCN(C)C(C)C)ccc2Cl)CC(C)O1. The number of sulfonamides is 1. The van der Waals surface area contributed by atoms with Crippen LogP contribution in [0.25, 0.3) is 0 Å². The van der Waals surface area contributed by atoms with Crippen molar-refractivity contribution in [3.05, 3.63) is 17.2 Å². The van der Waals surface area contributed by atoms with Crippen LogP contribution in [0.15, 0.2) is 17.2 Å². The number of halogens is 1. The summed E-state index contributed by atoms with van der Waals surface area (Å²) in [5.41, 5.74) is 0. The maximum atomic E-state index is 12.7. The van der Waals surface area contributed by atoms with Crippen LogP contribution < -0.4 is 10.0 Å². The molecule has 0 spiro atoms. The molecule has 0 amide bonds. The van der Waals surface area contributed by atoms with Crippen molar-refractivity contribution in [3.63, 3.8) is 0 Å². The van der Waals surface area contributed by atoms with E-state index in [4.69, 9.17) is 16.3 Å². The summed E-state index contributed by atoms with van der Waals surface area (Å²) in [6, 6.07) is 3.70. The highest BCUT2D eigenvalue weighted by Gasteiger charge is 2.22. The number of nitrogens with zero attached hydrogens (tertiary/aromatic N) is 3. The van der Waals surface area contributed by atoms with Gasteiger partial charge < -0.3 is 15.0 Å². The molecule has 1 aliphatic heterocycles. The lowest BCUT2D eigenvalue weighted by Crippen LogP contribution is -2.45. The van der Waals surface area contributed by atoms with E-state index in [1.165, 1.54) is 0 Å². The van der Waals surface area contributed by atoms with E-state index in [1.54, 1.807) is 12.1 Å². The third kappa shape index (κ3) is 8.82. The van der Waals surface area contributed by atoms with Crippen molar-refractivity contribution in [2.45, 2.75) is 63.8 Å². The van der Waals surface area contributed by atoms with Gasteiger partial charge in [-0.1, -0.05) is 11.6 Å². The number of morpholine rings is 1. The van der Waals surface area contributed by atoms with Crippen LogP contribution in [0.2, 0.25) is 5.02 Å². The Morgan fingerprint density at radius 2 is 1.90 bits per heavy atom. The lowest BCUT2D eigenvalue weighted by molar-refractivity contribution is -0.0681. The van der Waals surface area contributed by atoms with E-state index in [9.17, 15) is 8.42 Å². The third-order valence-electron chi connectivity index (χ3n) is 5.41. The minimum atomic E-state index is -3.77. The third-order valence-corrected chi connectivity index (χ3v) is 7.23. The summed E-state index contributed by atoms with van der Waals surface area (Å²) in [5, 5.41) is 3.16. The molecule has 2 N–H and O–H groups in total. The molecule has 2 rings (SSSR count). The molecule has 178 valence electrons. The molecular weight excluding hydrogens is 438 g/mol. The number of hydrogen-bond donors (Lipinski definition) is 2. The first-order valence-corrected chi connectivity index (χ1v) is 12.9. The summed E-state index contributed by atoms with van der Waals surface area (Å²) >= 11 is 6.14. The van der Waals surface area contributed by atoms with E-state index in [0.717, 1.165) is 39.0 Å². The Labute approximate surface area is 192 Å². The summed E-state index contributed by atoms with van der Waals surface area (Å²) < 4.78 is 33.8. The molecule has 1 fully saturated rings. The smallest absolute Gasteiger partial charge is 0.259 e. The number of pyridine rings is 1. The summed E-state index contributed by atoms with van der Waals surface area (Å²) in [5.74, 6) is 0.498. The lowest BCUT2D eigenvalue weighted by Gasteiger charge is -2.35. The average Bonchev–Trinajstić information content (AvgIpc) is 2.67. The average molecular weight is 476 g/mol. The first-order chi connectivity index (χ1) is 14.6. The zero-order valence-corrected chi connectivity index (χ0v) is 21.0. The highest BCUT2D eigenvalue weighted by molar-refractivity contribution is 7.89. The predicted octanol–water partition coefficient (Wildman–Crippen LogP) is 2.65. The fraction of sp³-hybridized carbons (Fsp3) is 0.762. The number of anilines is 1. The van der Waals surface area contributed by atoms with Crippen LogP contribution in [0.3, 0.4) is 0 Å². The van der Waals surface area contributed by atoms with E-state index < -0.39 is 10.0 Å². The van der Waals surface area contributed by atoms with Crippen LogP contribution in [-0.4, -0.2) is 87.8 Å². The van der Waals surface area contributed by atoms with Crippen molar-refractivity contribution < 1.29 is 13.2 Å². The van der Waals surface area contributed by atoms with Crippen LogP contribution in [0, 0.1) is 0 Å². The Morgan fingerprint density at radius 1 is 1.23 bits per heavy atom. The molecule has 1 aromatic heterocycles. The Morgan fingerprint density at radius 3 is 2.55 bits per heavy atom. The fourth-order valence-corrected chi connectivity index (χ4v) is 5.03. The first-order valence-electron chi connectivity index (χ1n) is 11.1. The summed E-state index contributed by atoms with van der Waals surface area (Å²) in [7, 11) is -1.72. The topological polar surface area (TPSA) is 86.8 Å². The number of ether oxygens (including phenoxy) is 1. The quantitative estimate of drug-likeness (QED) is 0.449. The Kier molecular flexibility index (Phi) is 10.4. The molecule has 8 nitrogen and oxygen atoms in total. The van der Waals surface area contributed by atoms with E-state index in [0.29, 0.717) is 24.9 Å². The van der Waals surface area contributed by atoms with Gasteiger partial charge in [0.2, 0.25) is 0 Å². The maximum Gasteiger partial charge on any atom is 0.259 e. The fourth-order valence-electron chi connectivity index (χ4n) is 3.53. The lowest BCUT2D eigenvalue weighted by atomic mass is 10.2. The van der Waals surface area contributed by atoms with Gasteiger partial charge in [-0.25, -0.2) is 18.1 Å². The minimum absolute atomic E-state index is 0.119. The summed E-state index contributed by atoms with van der Waals surface area (Å²) in [4.78, 5) is 8.81. The molecule has 2 unspecified atom stereocenters. The second-order valence-corrected chi connectivity index (χ2v) is 10.7. The van der Waals surface area contributed by atoms with Gasteiger partial charge in [0.25, 0.3) is 10.0 Å². The number of unbranched alkanes of at least 4 members (excludes halogenated alkanes) is 1. The number of nitrogens with one attached hydrogen (secondary N) is 2. The largest absolute Gasteiger partial charge is 0.373 e. The summed E-state index contributed by atoms with van der Waals surface area (Å²) in [6.45, 7) is 13.0. The van der Waals surface area contributed by atoms with Crippen molar-refractivity contribution in [1.29, 1.82) is 0 Å². The van der Waals surface area contributed by atoms with Crippen LogP contribution >= 0.6 is 11.6 Å². The van der Waals surface area contributed by atoms with Gasteiger partial charge in [-0.2, -0.15) is 0 Å². The minimum Gasteiger partial charge on any atom is -0.373 e. The molecule has 2 atom stereocenters. The van der Waals surface area contributed by atoms with E-state index in [2.05, 4.69) is 52.5 Å². The molecule has 10 heteroatoms. The zero-order valence-electron chi connectivity index (χ0n) is 19.4. The Hall–Kier alpha value is -0.970. The molecule has 0 aromatic carbocycles. The normalized spacial score (nSPS) is 20.5. The van der Waals surface area contributed by atoms with Crippen LogP contribution in [0.4, 0.5) is 5.82 Å². The molecule has 1 aromatic rings. The van der Waals surface area contributed by atoms with Gasteiger partial charge in [0.05, 0.1) is 17.2 Å². The van der Waals surface area contributed by atoms with Crippen molar-refractivity contribution in [1.82, 2.24) is 19.5 Å². The number of aromatic nitrogens is 1. The van der Waals surface area contributed by atoms with Crippen molar-refractivity contribution in [2.24, 2.45) is 0 Å². The van der Waals surface area contributed by atoms with Gasteiger partial charge in [0, 0.05) is 38.8 Å². The van der Waals surface area contributed by atoms with Crippen LogP contribution in [-0.2, 0) is 14.8 Å². The Balaban J connectivity index is 1.81. The summed E-state index contributed by atoms with van der Waals surface area (Å²) in [6.07, 6.45) is 2.13. The molecule has 1 saturated heterocycles. The molecule has 0 saturated carbocycles. The molecule has 1 aliphatic rings. The van der Waals surface area contributed by atoms with Gasteiger partial charge in [-0.3, -0.25) is 4.90 Å². The number of likely N-dealkylation sites (N-methyl/N-ethyl adjacent to an activating group) is 1. The monoisotopic (exact) mass is 475 g/mol. The van der Waals surface area contributed by atoms with Crippen LogP contribution in [0.5, 0.6) is 0 Å². The molecule has 0 radical (unpaired) electrons. The van der Waals surface area contributed by atoms with Gasteiger partial charge >= 0.3 is 0 Å². The van der Waals surface area contributed by atoms with Gasteiger partial charge in [0.1, 0.15) is 5.82 Å². The molecule has 2 heterocycles. The predicted molar refractivity (Wildman–Crippen MR) is 126 cm³/mol. The highest BCUT2D eigenvalue weighted by atomic mass is 35.5. The van der Waals surface area contributed by atoms with Gasteiger partial charge in [0.15, 0.2) is 5.03 Å². The van der Waals surface area contributed by atoms with E-state index >= 15 is 0 Å². The second-order valence-electron chi connectivity index (χ2n) is 8.61. The van der Waals surface area contributed by atoms with Crippen molar-refractivity contribution in [3.8, 4) is 0 Å². The first kappa shape index (κ1) is 26.3. The molecular formula is C21H38ClN5O3S. The Bertz CT molecular complexity index is 783. The van der Waals surface area contributed by atoms with E-state index in [-0.39, 0.29) is 22.3 Å². The molecule has 31 heavy (non-hydrogen) atoms. The van der Waals surface area contributed by atoms with Gasteiger partial charge in [-0.15, -0.1) is 0 Å². The second kappa shape index (κ2) is 12.3. The van der Waals surface area contributed by atoms with E-state index in [1.807, 2.05) is 7.05 Å². The zero-order chi connectivity index (χ0) is 23.0. The van der Waals surface area contributed by atoms with Gasteiger partial charge in [-0.05, 0) is 66.3 Å². The number of rotatable bonds is 12. The highest BCUT2D eigenvalue weighted by Crippen LogP contribution is 2.21.